The van der Waals surface area contributed by atoms with E-state index in [0.717, 1.165) is 29.2 Å². The molecule has 0 saturated carbocycles. The van der Waals surface area contributed by atoms with Gasteiger partial charge in [-0.15, -0.1) is 0 Å². The Hall–Kier alpha value is -3.87. The van der Waals surface area contributed by atoms with Crippen molar-refractivity contribution < 1.29 is 55.9 Å². The molecule has 1 heterocycles. The molecule has 3 rings (SSSR count). The molecule has 0 aliphatic rings. The van der Waals surface area contributed by atoms with Crippen LogP contribution in [0, 0.1) is 5.41 Å². The molecule has 0 saturated heterocycles. The van der Waals surface area contributed by atoms with Gasteiger partial charge in [-0.1, -0.05) is 48.0 Å². The number of amides is 1. The Morgan fingerprint density at radius 3 is 1.79 bits per heavy atom. The normalized spacial score (nSPS) is 16.0. The van der Waals surface area contributed by atoms with Gasteiger partial charge in [-0.2, -0.15) is 0 Å². The van der Waals surface area contributed by atoms with Crippen molar-refractivity contribution >= 4 is 45.9 Å². The molecule has 2 aromatic carbocycles. The number of carbonyl (C=O) groups is 1. The summed E-state index contributed by atoms with van der Waals surface area (Å²) in [5, 5.41) is 118. The number of nitrogens with one attached hydrogen (secondary N) is 4. The van der Waals surface area contributed by atoms with Gasteiger partial charge >= 0.3 is 0 Å². The molecule has 20 nitrogen and oxygen atoms in total. The number of aryl methyl sites for hydroxylation is 1. The van der Waals surface area contributed by atoms with Crippen LogP contribution in [-0.4, -0.2) is 179 Å². The van der Waals surface area contributed by atoms with Gasteiger partial charge < -0.3 is 73.2 Å². The van der Waals surface area contributed by atoms with Crippen molar-refractivity contribution in [3.8, 4) is 0 Å². The minimum atomic E-state index is -1.86. The summed E-state index contributed by atoms with van der Waals surface area (Å²) in [5.41, 5.74) is 13.3. The van der Waals surface area contributed by atoms with Crippen molar-refractivity contribution in [1.29, 1.82) is 5.41 Å². The minimum Gasteiger partial charge on any atom is -0.394 e. The number of rotatable bonds is 25. The molecule has 8 atom stereocenters. The zero-order valence-electron chi connectivity index (χ0n) is 32.0. The number of fused-ring (bicyclic) bond motifs is 1. The topological polar surface area (TPSA) is 360 Å². The third kappa shape index (κ3) is 14.4. The average Bonchev–Trinajstić information content (AvgIpc) is 3.21. The first-order chi connectivity index (χ1) is 27.6. The summed E-state index contributed by atoms with van der Waals surface area (Å²) in [6.45, 7) is -0.619. The fraction of sp³-hybridized carbons (Fsp3) is 0.568. The van der Waals surface area contributed by atoms with E-state index in [4.69, 9.17) is 38.7 Å². The van der Waals surface area contributed by atoms with Gasteiger partial charge in [0.1, 0.15) is 36.6 Å². The number of hydrogen-bond acceptors (Lipinski definition) is 18. The van der Waals surface area contributed by atoms with E-state index in [1.165, 1.54) is 10.5 Å². The predicted octanol–water partition coefficient (Wildman–Crippen LogP) is -3.58. The molecule has 324 valence electrons. The van der Waals surface area contributed by atoms with Crippen LogP contribution < -0.4 is 27.4 Å². The van der Waals surface area contributed by atoms with Crippen LogP contribution in [0.1, 0.15) is 40.9 Å². The van der Waals surface area contributed by atoms with Gasteiger partial charge in [0.25, 0.3) is 5.91 Å². The largest absolute Gasteiger partial charge is 0.394 e. The smallest absolute Gasteiger partial charge is 0.280 e. The molecule has 58 heavy (non-hydrogen) atoms. The molecule has 18 N–H and O–H groups in total. The first-order valence-electron chi connectivity index (χ1n) is 18.9. The molecule has 0 fully saturated rings. The third-order valence-electron chi connectivity index (χ3n) is 9.58. The van der Waals surface area contributed by atoms with Crippen molar-refractivity contribution in [2.75, 3.05) is 63.9 Å². The number of aromatic nitrogens is 2. The number of nitrogen functional groups attached to an aromatic ring is 2. The molecule has 0 radical (unpaired) electrons. The van der Waals surface area contributed by atoms with Crippen LogP contribution >= 0.6 is 11.6 Å². The molecule has 0 aliphatic carbocycles. The Balaban J connectivity index is 1.49. The number of aliphatic hydroxyl groups is 10. The zero-order chi connectivity index (χ0) is 42.9. The number of nitrogens with zero attached hydrogens (tertiary/aromatic N) is 3. The number of carbonyl (C=O) groups excluding carboxylic acids is 1. The summed E-state index contributed by atoms with van der Waals surface area (Å²) in [5.74, 6) is -1.28. The highest BCUT2D eigenvalue weighted by Gasteiger charge is 2.34. The van der Waals surface area contributed by atoms with E-state index in [9.17, 15) is 45.6 Å². The van der Waals surface area contributed by atoms with Crippen molar-refractivity contribution in [2.24, 2.45) is 0 Å². The second-order valence-corrected chi connectivity index (χ2v) is 14.3. The first kappa shape index (κ1) is 48.5. The van der Waals surface area contributed by atoms with Gasteiger partial charge in [0.05, 0.1) is 25.4 Å². The molecular formula is C37H58ClN9O11. The number of guanidine groups is 1. The summed E-state index contributed by atoms with van der Waals surface area (Å²) in [4.78, 5) is 21.5. The second-order valence-electron chi connectivity index (χ2n) is 14.0. The van der Waals surface area contributed by atoms with E-state index in [2.05, 4.69) is 50.2 Å². The number of unbranched alkanes of at least 4 members (excludes halogenated alkanes) is 1. The monoisotopic (exact) mass is 839 g/mol. The Bertz CT molecular complexity index is 1720. The lowest BCUT2D eigenvalue weighted by atomic mass is 9.95. The summed E-state index contributed by atoms with van der Waals surface area (Å²) in [6.07, 6.45) is -10.6. The lowest BCUT2D eigenvalue weighted by Gasteiger charge is -2.33. The Kier molecular flexibility index (Phi) is 20.3. The third-order valence-corrected chi connectivity index (χ3v) is 9.86. The Morgan fingerprint density at radius 2 is 1.24 bits per heavy atom. The van der Waals surface area contributed by atoms with Gasteiger partial charge in [-0.05, 0) is 73.6 Å². The maximum Gasteiger partial charge on any atom is 0.280 e. The van der Waals surface area contributed by atoms with Crippen LogP contribution in [-0.2, 0) is 12.8 Å². The summed E-state index contributed by atoms with van der Waals surface area (Å²) in [6, 6.07) is 12.3. The van der Waals surface area contributed by atoms with Crippen molar-refractivity contribution in [2.45, 2.75) is 80.9 Å². The van der Waals surface area contributed by atoms with Crippen LogP contribution in [0.3, 0.4) is 0 Å². The second kappa shape index (κ2) is 24.3. The van der Waals surface area contributed by atoms with Crippen LogP contribution in [0.25, 0.3) is 10.8 Å². The molecule has 1 aromatic heterocycles. The minimum absolute atomic E-state index is 0.106. The lowest BCUT2D eigenvalue weighted by Crippen LogP contribution is -2.53. The van der Waals surface area contributed by atoms with E-state index in [1.54, 1.807) is 0 Å². The highest BCUT2D eigenvalue weighted by atomic mass is 35.5. The van der Waals surface area contributed by atoms with E-state index in [-0.39, 0.29) is 48.1 Å². The quantitative estimate of drug-likeness (QED) is 0.0223. The number of hydrogen-bond donors (Lipinski definition) is 16. The summed E-state index contributed by atoms with van der Waals surface area (Å²) < 4.78 is 0. The van der Waals surface area contributed by atoms with Gasteiger partial charge in [-0.3, -0.25) is 20.4 Å². The molecule has 0 spiro atoms. The highest BCUT2D eigenvalue weighted by molar-refractivity contribution is 6.31. The summed E-state index contributed by atoms with van der Waals surface area (Å²) in [7, 11) is 0. The number of halogens is 1. The molecule has 21 heteroatoms. The standard InChI is InChI=1S/C37H58ClN9O11/c38-33-35(40)45-34(39)28(44-33)36(58)46-37(41)43-13-4-3-6-20-9-10-21(23-8-2-1-7-22(20)23)11-14-42-12-5-15-47(16-24(50)29(54)31(56)26(52)18-48)17-25(51)30(55)32(57)27(53)19-49/h1-2,7-10,24-27,29-32,42,48-57H,3-6,11-19H2,(H4,39,40,45)(H3,41,43,46,58)/t24-,25-,26+,27+,29+,30+,31+,32+/m0/s1. The number of aliphatic hydroxyl groups excluding tert-OH is 10. The van der Waals surface area contributed by atoms with Crippen LogP contribution in [0.5, 0.6) is 0 Å². The van der Waals surface area contributed by atoms with Crippen molar-refractivity contribution in [3.63, 3.8) is 0 Å². The SMILES string of the molecule is N=C(NCCCCc1ccc(CCNCCCN(C[C@H](O)[C@@H](O)[C@H](O)[C@H](O)CO)C[C@H](O)[C@@H](O)[C@H](O)[C@H](O)CO)c2ccccc12)NC(=O)c1nc(Cl)c(N)nc1N. The maximum absolute atomic E-state index is 12.4. The van der Waals surface area contributed by atoms with Gasteiger partial charge in [0, 0.05) is 19.6 Å². The van der Waals surface area contributed by atoms with Crippen LogP contribution in [0.2, 0.25) is 5.15 Å². The number of anilines is 2. The number of nitrogens with two attached hydrogens (primary N) is 2. The van der Waals surface area contributed by atoms with E-state index >= 15 is 0 Å². The van der Waals surface area contributed by atoms with E-state index < -0.39 is 68.0 Å². The summed E-state index contributed by atoms with van der Waals surface area (Å²) >= 11 is 5.84. The van der Waals surface area contributed by atoms with Gasteiger partial charge in [0.2, 0.25) is 0 Å². The molecule has 0 unspecified atom stereocenters. The molecule has 0 aliphatic heterocycles. The molecule has 3 aromatic rings. The Morgan fingerprint density at radius 1 is 0.707 bits per heavy atom. The first-order valence-corrected chi connectivity index (χ1v) is 19.3. The molecular weight excluding hydrogens is 782 g/mol. The van der Waals surface area contributed by atoms with E-state index in [1.807, 2.05) is 12.1 Å². The fourth-order valence-electron chi connectivity index (χ4n) is 6.24. The van der Waals surface area contributed by atoms with Crippen molar-refractivity contribution in [1.82, 2.24) is 30.8 Å². The molecule has 1 amide bonds. The molecule has 0 bridgehead atoms. The van der Waals surface area contributed by atoms with Crippen LogP contribution in [0.15, 0.2) is 36.4 Å². The van der Waals surface area contributed by atoms with Gasteiger partial charge in [0.15, 0.2) is 28.4 Å². The van der Waals surface area contributed by atoms with Gasteiger partial charge in [-0.25, -0.2) is 9.97 Å². The highest BCUT2D eigenvalue weighted by Crippen LogP contribution is 2.25. The lowest BCUT2D eigenvalue weighted by molar-refractivity contribution is -0.130. The Labute approximate surface area is 340 Å². The zero-order valence-corrected chi connectivity index (χ0v) is 32.8. The van der Waals surface area contributed by atoms with Crippen molar-refractivity contribution in [3.05, 3.63) is 58.4 Å². The number of benzene rings is 2. The van der Waals surface area contributed by atoms with Crippen LogP contribution in [0.4, 0.5) is 11.6 Å². The fourth-order valence-corrected chi connectivity index (χ4v) is 6.37. The average molecular weight is 840 g/mol. The van der Waals surface area contributed by atoms with E-state index in [0.29, 0.717) is 38.9 Å². The predicted molar refractivity (Wildman–Crippen MR) is 216 cm³/mol. The maximum atomic E-state index is 12.4.